The molecule has 0 bridgehead atoms. The molecule has 2 heteroatoms. The summed E-state index contributed by atoms with van der Waals surface area (Å²) in [7, 11) is 0. The summed E-state index contributed by atoms with van der Waals surface area (Å²) in [4.78, 5) is 4.32. The van der Waals surface area contributed by atoms with E-state index in [0.29, 0.717) is 5.92 Å². The Hall–Kier alpha value is -1.67. The van der Waals surface area contributed by atoms with Gasteiger partial charge in [0, 0.05) is 12.4 Å². The maximum absolute atomic E-state index is 6.78. The van der Waals surface area contributed by atoms with Crippen molar-refractivity contribution in [2.75, 3.05) is 0 Å². The van der Waals surface area contributed by atoms with Gasteiger partial charge in [0.2, 0.25) is 0 Å². The first-order valence-electron chi connectivity index (χ1n) is 6.91. The van der Waals surface area contributed by atoms with Crippen molar-refractivity contribution < 1.29 is 0 Å². The summed E-state index contributed by atoms with van der Waals surface area (Å²) in [6, 6.07) is 10.7. The van der Waals surface area contributed by atoms with Crippen molar-refractivity contribution in [2.24, 2.45) is 5.73 Å². The van der Waals surface area contributed by atoms with Gasteiger partial charge in [-0.1, -0.05) is 37.3 Å². The average Bonchev–Trinajstić information content (AvgIpc) is 2.43. The predicted molar refractivity (Wildman–Crippen MR) is 78.0 cm³/mol. The first kappa shape index (κ1) is 12.4. The molecule has 0 saturated heterocycles. The Morgan fingerprint density at radius 3 is 2.84 bits per heavy atom. The molecule has 2 N–H and O–H groups in total. The van der Waals surface area contributed by atoms with E-state index in [4.69, 9.17) is 5.73 Å². The highest BCUT2D eigenvalue weighted by Gasteiger charge is 2.36. The Labute approximate surface area is 114 Å². The van der Waals surface area contributed by atoms with Crippen LogP contribution in [0, 0.1) is 6.92 Å². The number of nitrogens with zero attached hydrogens (tertiary/aromatic N) is 1. The van der Waals surface area contributed by atoms with Gasteiger partial charge in [0.05, 0.1) is 5.54 Å². The third-order valence-electron chi connectivity index (χ3n) is 4.33. The van der Waals surface area contributed by atoms with E-state index in [9.17, 15) is 0 Å². The molecule has 0 radical (unpaired) electrons. The second-order valence-corrected chi connectivity index (χ2v) is 5.75. The molecule has 0 aliphatic heterocycles. The lowest BCUT2D eigenvalue weighted by atomic mass is 9.70. The molecule has 0 amide bonds. The van der Waals surface area contributed by atoms with Crippen LogP contribution >= 0.6 is 0 Å². The highest BCUT2D eigenvalue weighted by molar-refractivity contribution is 5.45. The SMILES string of the molecule is Cc1cncc(C2(N)CCC(C)c3ccccc32)c1. The van der Waals surface area contributed by atoms with Crippen LogP contribution in [0.25, 0.3) is 0 Å². The lowest BCUT2D eigenvalue weighted by Crippen LogP contribution is -2.41. The molecule has 98 valence electrons. The smallest absolute Gasteiger partial charge is 0.0683 e. The molecule has 3 rings (SSSR count). The fraction of sp³-hybridized carbons (Fsp3) is 0.353. The van der Waals surface area contributed by atoms with Gasteiger partial charge < -0.3 is 5.73 Å². The fourth-order valence-electron chi connectivity index (χ4n) is 3.17. The summed E-state index contributed by atoms with van der Waals surface area (Å²) in [6.07, 6.45) is 5.90. The highest BCUT2D eigenvalue weighted by Crippen LogP contribution is 2.43. The second-order valence-electron chi connectivity index (χ2n) is 5.75. The van der Waals surface area contributed by atoms with Gasteiger partial charge in [0.1, 0.15) is 0 Å². The molecule has 0 fully saturated rings. The van der Waals surface area contributed by atoms with Crippen LogP contribution in [0.2, 0.25) is 0 Å². The number of aryl methyl sites for hydroxylation is 1. The minimum absolute atomic E-state index is 0.387. The molecule has 1 aliphatic rings. The molecule has 2 nitrogen and oxygen atoms in total. The first-order chi connectivity index (χ1) is 9.11. The predicted octanol–water partition coefficient (Wildman–Crippen LogP) is 3.49. The molecular formula is C17H20N2. The quantitative estimate of drug-likeness (QED) is 0.843. The van der Waals surface area contributed by atoms with E-state index < -0.39 is 0 Å². The highest BCUT2D eigenvalue weighted by atomic mass is 14.8. The van der Waals surface area contributed by atoms with Crippen molar-refractivity contribution >= 4 is 0 Å². The largest absolute Gasteiger partial charge is 0.318 e. The van der Waals surface area contributed by atoms with Crippen LogP contribution in [0.3, 0.4) is 0 Å². The molecule has 2 atom stereocenters. The van der Waals surface area contributed by atoms with E-state index in [1.165, 1.54) is 16.7 Å². The summed E-state index contributed by atoms with van der Waals surface area (Å²) in [5, 5.41) is 0. The Bertz CT molecular complexity index is 606. The van der Waals surface area contributed by atoms with Gasteiger partial charge in [0.25, 0.3) is 0 Å². The second kappa shape index (κ2) is 4.46. The standard InChI is InChI=1S/C17H20N2/c1-12-9-14(11-19-10-12)17(18)8-7-13(2)15-5-3-4-6-16(15)17/h3-6,9-11,13H,7-8,18H2,1-2H3. The Kier molecular flexibility index (Phi) is 2.90. The monoisotopic (exact) mass is 252 g/mol. The molecule has 1 heterocycles. The Morgan fingerprint density at radius 2 is 2.05 bits per heavy atom. The summed E-state index contributed by atoms with van der Waals surface area (Å²) in [5.41, 5.74) is 11.3. The summed E-state index contributed by atoms with van der Waals surface area (Å²) < 4.78 is 0. The van der Waals surface area contributed by atoms with Gasteiger partial charge in [-0.25, -0.2) is 0 Å². The van der Waals surface area contributed by atoms with E-state index in [1.54, 1.807) is 0 Å². The van der Waals surface area contributed by atoms with E-state index in [-0.39, 0.29) is 5.54 Å². The van der Waals surface area contributed by atoms with Gasteiger partial charge in [-0.05, 0) is 47.9 Å². The van der Waals surface area contributed by atoms with Crippen molar-refractivity contribution in [1.82, 2.24) is 4.98 Å². The van der Waals surface area contributed by atoms with Crippen LogP contribution in [0.1, 0.15) is 47.9 Å². The number of nitrogens with two attached hydrogens (primary N) is 1. The van der Waals surface area contributed by atoms with Crippen molar-refractivity contribution in [3.8, 4) is 0 Å². The van der Waals surface area contributed by atoms with Crippen molar-refractivity contribution in [2.45, 2.75) is 38.1 Å². The molecule has 19 heavy (non-hydrogen) atoms. The molecule has 2 unspecified atom stereocenters. The van der Waals surface area contributed by atoms with Crippen LogP contribution in [0.15, 0.2) is 42.7 Å². The van der Waals surface area contributed by atoms with Crippen LogP contribution in [0.4, 0.5) is 0 Å². The Balaban J connectivity index is 2.18. The minimum Gasteiger partial charge on any atom is -0.318 e. The number of benzene rings is 1. The summed E-state index contributed by atoms with van der Waals surface area (Å²) in [5.74, 6) is 0.589. The maximum Gasteiger partial charge on any atom is 0.0683 e. The summed E-state index contributed by atoms with van der Waals surface area (Å²) in [6.45, 7) is 4.35. The molecule has 1 aliphatic carbocycles. The van der Waals surface area contributed by atoms with Crippen LogP contribution in [0.5, 0.6) is 0 Å². The number of aromatic nitrogens is 1. The topological polar surface area (TPSA) is 38.9 Å². The zero-order valence-electron chi connectivity index (χ0n) is 11.6. The van der Waals surface area contributed by atoms with Crippen molar-refractivity contribution in [3.63, 3.8) is 0 Å². The summed E-state index contributed by atoms with van der Waals surface area (Å²) >= 11 is 0. The van der Waals surface area contributed by atoms with Gasteiger partial charge in [-0.3, -0.25) is 4.98 Å². The average molecular weight is 252 g/mol. The number of hydrogen-bond acceptors (Lipinski definition) is 2. The Morgan fingerprint density at radius 1 is 1.26 bits per heavy atom. The van der Waals surface area contributed by atoms with Gasteiger partial charge >= 0.3 is 0 Å². The lowest BCUT2D eigenvalue weighted by molar-refractivity contribution is 0.411. The zero-order chi connectivity index (χ0) is 13.5. The number of hydrogen-bond donors (Lipinski definition) is 1. The number of rotatable bonds is 1. The first-order valence-corrected chi connectivity index (χ1v) is 6.91. The molecule has 0 saturated carbocycles. The van der Waals surface area contributed by atoms with Crippen LogP contribution < -0.4 is 5.73 Å². The zero-order valence-corrected chi connectivity index (χ0v) is 11.6. The third kappa shape index (κ3) is 1.96. The van der Waals surface area contributed by atoms with E-state index in [1.807, 2.05) is 12.4 Å². The van der Waals surface area contributed by atoms with E-state index in [2.05, 4.69) is 49.2 Å². The van der Waals surface area contributed by atoms with Crippen molar-refractivity contribution in [3.05, 3.63) is 65.0 Å². The maximum atomic E-state index is 6.78. The normalized spacial score (nSPS) is 25.9. The molecule has 2 aromatic rings. The van der Waals surface area contributed by atoms with E-state index >= 15 is 0 Å². The van der Waals surface area contributed by atoms with Crippen molar-refractivity contribution in [1.29, 1.82) is 0 Å². The number of fused-ring (bicyclic) bond motifs is 1. The fourth-order valence-corrected chi connectivity index (χ4v) is 3.17. The van der Waals surface area contributed by atoms with E-state index in [0.717, 1.165) is 18.4 Å². The van der Waals surface area contributed by atoms with Gasteiger partial charge in [-0.15, -0.1) is 0 Å². The molecule has 1 aromatic heterocycles. The third-order valence-corrected chi connectivity index (χ3v) is 4.33. The molecular weight excluding hydrogens is 232 g/mol. The van der Waals surface area contributed by atoms with Crippen LogP contribution in [-0.4, -0.2) is 4.98 Å². The number of pyridine rings is 1. The van der Waals surface area contributed by atoms with Crippen LogP contribution in [-0.2, 0) is 5.54 Å². The molecule has 0 spiro atoms. The van der Waals surface area contributed by atoms with Gasteiger partial charge in [-0.2, -0.15) is 0 Å². The van der Waals surface area contributed by atoms with Gasteiger partial charge in [0.15, 0.2) is 0 Å². The molecule has 1 aromatic carbocycles. The minimum atomic E-state index is -0.387. The lowest BCUT2D eigenvalue weighted by Gasteiger charge is -2.38.